The lowest BCUT2D eigenvalue weighted by Gasteiger charge is -2.18. The fourth-order valence-electron chi connectivity index (χ4n) is 1.16. The molecule has 1 aromatic carbocycles. The fourth-order valence-corrected chi connectivity index (χ4v) is 1.40. The molecule has 0 aliphatic carbocycles. The zero-order valence-electron chi connectivity index (χ0n) is 6.21. The summed E-state index contributed by atoms with van der Waals surface area (Å²) in [6.07, 6.45) is 0. The van der Waals surface area contributed by atoms with Crippen molar-refractivity contribution in [1.82, 2.24) is 0 Å². The summed E-state index contributed by atoms with van der Waals surface area (Å²) in [6, 6.07) is 3.17. The Kier molecular flexibility index (Phi) is 1.83. The maximum absolute atomic E-state index is 9.37. The molecule has 0 saturated carbocycles. The smallest absolute Gasteiger partial charge is 0.189 e. The molecule has 0 unspecified atom stereocenters. The van der Waals surface area contributed by atoms with Crippen molar-refractivity contribution in [3.63, 3.8) is 0 Å². The molecule has 0 spiro atoms. The SMILES string of the molecule is Oc1cc(Cl)cc2c1OCOC2. The predicted molar refractivity (Wildman–Crippen MR) is 43.4 cm³/mol. The van der Waals surface area contributed by atoms with Gasteiger partial charge in [-0.15, -0.1) is 0 Å². The summed E-state index contributed by atoms with van der Waals surface area (Å²) in [5.41, 5.74) is 0.784. The van der Waals surface area contributed by atoms with Crippen molar-refractivity contribution >= 4 is 11.6 Å². The van der Waals surface area contributed by atoms with Gasteiger partial charge in [-0.1, -0.05) is 11.6 Å². The number of hydrogen-bond donors (Lipinski definition) is 1. The van der Waals surface area contributed by atoms with Crippen LogP contribution < -0.4 is 4.74 Å². The first-order valence-electron chi connectivity index (χ1n) is 3.49. The predicted octanol–water partition coefficient (Wildman–Crippen LogP) is 1.91. The van der Waals surface area contributed by atoms with Crippen molar-refractivity contribution in [2.75, 3.05) is 6.79 Å². The monoisotopic (exact) mass is 186 g/mol. The summed E-state index contributed by atoms with van der Waals surface area (Å²) in [6.45, 7) is 0.617. The highest BCUT2D eigenvalue weighted by molar-refractivity contribution is 6.30. The standard InChI is InChI=1S/C8H7ClO3/c9-6-1-5-3-11-4-12-8(5)7(10)2-6/h1-2,10H,3-4H2. The number of ether oxygens (including phenoxy) is 2. The van der Waals surface area contributed by atoms with Gasteiger partial charge in [0.15, 0.2) is 18.3 Å². The molecule has 0 aromatic heterocycles. The Hall–Kier alpha value is -0.930. The van der Waals surface area contributed by atoms with Gasteiger partial charge in [0.25, 0.3) is 0 Å². The third-order valence-electron chi connectivity index (χ3n) is 1.66. The van der Waals surface area contributed by atoms with Gasteiger partial charge in [-0.3, -0.25) is 0 Å². The lowest BCUT2D eigenvalue weighted by atomic mass is 10.2. The summed E-state index contributed by atoms with van der Waals surface area (Å²) in [5.74, 6) is 0.548. The van der Waals surface area contributed by atoms with Crippen LogP contribution in [0.25, 0.3) is 0 Å². The number of aromatic hydroxyl groups is 1. The molecule has 3 nitrogen and oxygen atoms in total. The maximum atomic E-state index is 9.37. The molecule has 0 saturated heterocycles. The van der Waals surface area contributed by atoms with Crippen molar-refractivity contribution in [1.29, 1.82) is 0 Å². The number of hydrogen-bond acceptors (Lipinski definition) is 3. The van der Waals surface area contributed by atoms with Gasteiger partial charge < -0.3 is 14.6 Å². The van der Waals surface area contributed by atoms with Gasteiger partial charge in [0.2, 0.25) is 0 Å². The highest BCUT2D eigenvalue weighted by atomic mass is 35.5. The van der Waals surface area contributed by atoms with E-state index >= 15 is 0 Å². The summed E-state index contributed by atoms with van der Waals surface area (Å²) < 4.78 is 10.1. The first-order valence-corrected chi connectivity index (χ1v) is 3.87. The average molecular weight is 187 g/mol. The molecule has 0 radical (unpaired) electrons. The summed E-state index contributed by atoms with van der Waals surface area (Å²) in [7, 11) is 0. The minimum Gasteiger partial charge on any atom is -0.504 e. The fraction of sp³-hybridized carbons (Fsp3) is 0.250. The van der Waals surface area contributed by atoms with Gasteiger partial charge >= 0.3 is 0 Å². The molecule has 1 aliphatic heterocycles. The van der Waals surface area contributed by atoms with Gasteiger partial charge in [0.05, 0.1) is 6.61 Å². The second-order valence-corrected chi connectivity index (χ2v) is 2.96. The molecule has 1 N–H and O–H groups in total. The molecule has 0 amide bonds. The van der Waals surface area contributed by atoms with Crippen LogP contribution in [0.15, 0.2) is 12.1 Å². The Morgan fingerprint density at radius 1 is 1.42 bits per heavy atom. The first-order chi connectivity index (χ1) is 5.77. The van der Waals surface area contributed by atoms with E-state index in [2.05, 4.69) is 0 Å². The van der Waals surface area contributed by atoms with Crippen LogP contribution in [0.5, 0.6) is 11.5 Å². The average Bonchev–Trinajstić information content (AvgIpc) is 2.04. The molecule has 64 valence electrons. The van der Waals surface area contributed by atoms with E-state index in [1.165, 1.54) is 6.07 Å². The lowest BCUT2D eigenvalue weighted by molar-refractivity contribution is -0.0180. The van der Waals surface area contributed by atoms with Gasteiger partial charge in [-0.05, 0) is 6.07 Å². The van der Waals surface area contributed by atoms with Crippen LogP contribution in [0.4, 0.5) is 0 Å². The normalized spacial score (nSPS) is 15.1. The van der Waals surface area contributed by atoms with Gasteiger partial charge in [-0.2, -0.15) is 0 Å². The van der Waals surface area contributed by atoms with Gasteiger partial charge in [0, 0.05) is 16.7 Å². The summed E-state index contributed by atoms with van der Waals surface area (Å²) in [5, 5.41) is 9.86. The summed E-state index contributed by atoms with van der Waals surface area (Å²) >= 11 is 5.71. The van der Waals surface area contributed by atoms with Crippen LogP contribution in [0, 0.1) is 0 Å². The molecular weight excluding hydrogens is 180 g/mol. The van der Waals surface area contributed by atoms with Crippen LogP contribution >= 0.6 is 11.6 Å². The molecule has 12 heavy (non-hydrogen) atoms. The number of phenolic OH excluding ortho intramolecular Hbond substituents is 1. The van der Waals surface area contributed by atoms with Gasteiger partial charge in [0.1, 0.15) is 0 Å². The Morgan fingerprint density at radius 2 is 2.25 bits per heavy atom. The topological polar surface area (TPSA) is 38.7 Å². The Balaban J connectivity index is 2.53. The molecule has 0 bridgehead atoms. The van der Waals surface area contributed by atoms with Crippen LogP contribution in [-0.2, 0) is 11.3 Å². The number of benzene rings is 1. The number of phenols is 1. The largest absolute Gasteiger partial charge is 0.504 e. The molecule has 2 rings (SSSR count). The Bertz CT molecular complexity index is 311. The number of fused-ring (bicyclic) bond motifs is 1. The zero-order valence-corrected chi connectivity index (χ0v) is 6.97. The van der Waals surface area contributed by atoms with E-state index in [-0.39, 0.29) is 12.5 Å². The van der Waals surface area contributed by atoms with E-state index in [9.17, 15) is 5.11 Å². The van der Waals surface area contributed by atoms with E-state index < -0.39 is 0 Å². The van der Waals surface area contributed by atoms with Gasteiger partial charge in [-0.25, -0.2) is 0 Å². The van der Waals surface area contributed by atoms with Crippen molar-refractivity contribution in [3.8, 4) is 11.5 Å². The molecule has 0 fully saturated rings. The highest BCUT2D eigenvalue weighted by Gasteiger charge is 2.15. The minimum atomic E-state index is 0.0702. The van der Waals surface area contributed by atoms with E-state index in [0.29, 0.717) is 17.4 Å². The lowest BCUT2D eigenvalue weighted by Crippen LogP contribution is -2.11. The Morgan fingerprint density at radius 3 is 3.08 bits per heavy atom. The van der Waals surface area contributed by atoms with Crippen LogP contribution in [0.3, 0.4) is 0 Å². The van der Waals surface area contributed by atoms with Crippen molar-refractivity contribution in [3.05, 3.63) is 22.7 Å². The van der Waals surface area contributed by atoms with E-state index in [0.717, 1.165) is 5.56 Å². The number of halogens is 1. The van der Waals surface area contributed by atoms with E-state index in [4.69, 9.17) is 21.1 Å². The quantitative estimate of drug-likeness (QED) is 0.673. The third-order valence-corrected chi connectivity index (χ3v) is 1.87. The minimum absolute atomic E-state index is 0.0702. The van der Waals surface area contributed by atoms with E-state index in [1.807, 2.05) is 0 Å². The molecule has 4 heteroatoms. The Labute approximate surface area is 74.5 Å². The first kappa shape index (κ1) is 7.71. The van der Waals surface area contributed by atoms with Crippen LogP contribution in [0.2, 0.25) is 5.02 Å². The van der Waals surface area contributed by atoms with E-state index in [1.54, 1.807) is 6.07 Å². The number of rotatable bonds is 0. The summed E-state index contributed by atoms with van der Waals surface area (Å²) in [4.78, 5) is 0. The highest BCUT2D eigenvalue weighted by Crippen LogP contribution is 2.35. The second kappa shape index (κ2) is 2.84. The van der Waals surface area contributed by atoms with Crippen molar-refractivity contribution < 1.29 is 14.6 Å². The van der Waals surface area contributed by atoms with Crippen LogP contribution in [-0.4, -0.2) is 11.9 Å². The van der Waals surface area contributed by atoms with Crippen molar-refractivity contribution in [2.24, 2.45) is 0 Å². The third kappa shape index (κ3) is 1.21. The maximum Gasteiger partial charge on any atom is 0.189 e. The second-order valence-electron chi connectivity index (χ2n) is 2.52. The molecular formula is C8H7ClO3. The molecule has 0 atom stereocenters. The molecule has 1 aromatic rings. The zero-order chi connectivity index (χ0) is 8.55. The van der Waals surface area contributed by atoms with Crippen molar-refractivity contribution in [2.45, 2.75) is 6.61 Å². The van der Waals surface area contributed by atoms with Crippen LogP contribution in [0.1, 0.15) is 5.56 Å². The molecule has 1 heterocycles. The molecule has 1 aliphatic rings.